The first-order valence-electron chi connectivity index (χ1n) is 6.97. The van der Waals surface area contributed by atoms with E-state index in [1.807, 2.05) is 29.6 Å². The van der Waals surface area contributed by atoms with Gasteiger partial charge in [0.15, 0.2) is 0 Å². The SMILES string of the molecule is CN(Cc1ccsc1)C(=O)NC[C@H]1Cc2ccccc2O1. The van der Waals surface area contributed by atoms with Crippen LogP contribution in [0.1, 0.15) is 11.1 Å². The lowest BCUT2D eigenvalue weighted by atomic mass is 10.1. The van der Waals surface area contributed by atoms with Gasteiger partial charge in [-0.2, -0.15) is 11.3 Å². The Hall–Kier alpha value is -2.01. The number of hydrogen-bond donors (Lipinski definition) is 1. The summed E-state index contributed by atoms with van der Waals surface area (Å²) in [5, 5.41) is 7.01. The fourth-order valence-electron chi connectivity index (χ4n) is 2.43. The summed E-state index contributed by atoms with van der Waals surface area (Å²) < 4.78 is 5.81. The maximum atomic E-state index is 12.1. The second-order valence-electron chi connectivity index (χ2n) is 5.23. The van der Waals surface area contributed by atoms with E-state index in [4.69, 9.17) is 4.74 Å². The molecule has 0 bridgehead atoms. The number of fused-ring (bicyclic) bond motifs is 1. The molecule has 110 valence electrons. The summed E-state index contributed by atoms with van der Waals surface area (Å²) in [5.74, 6) is 0.934. The third-order valence-corrected chi connectivity index (χ3v) is 4.27. The molecule has 1 aliphatic heterocycles. The first-order chi connectivity index (χ1) is 10.2. The van der Waals surface area contributed by atoms with Crippen molar-refractivity contribution in [2.75, 3.05) is 13.6 Å². The molecule has 5 heteroatoms. The molecular weight excluding hydrogens is 284 g/mol. The van der Waals surface area contributed by atoms with Crippen LogP contribution in [0.25, 0.3) is 0 Å². The third-order valence-electron chi connectivity index (χ3n) is 3.54. The number of ether oxygens (including phenoxy) is 1. The number of nitrogens with zero attached hydrogens (tertiary/aromatic N) is 1. The highest BCUT2D eigenvalue weighted by molar-refractivity contribution is 7.07. The third kappa shape index (κ3) is 3.36. The lowest BCUT2D eigenvalue weighted by Gasteiger charge is -2.19. The van der Waals surface area contributed by atoms with E-state index in [1.165, 1.54) is 5.56 Å². The zero-order chi connectivity index (χ0) is 14.7. The molecule has 1 N–H and O–H groups in total. The predicted molar refractivity (Wildman–Crippen MR) is 83.7 cm³/mol. The van der Waals surface area contributed by atoms with E-state index in [-0.39, 0.29) is 12.1 Å². The molecule has 2 heterocycles. The first-order valence-corrected chi connectivity index (χ1v) is 7.91. The highest BCUT2D eigenvalue weighted by atomic mass is 32.1. The van der Waals surface area contributed by atoms with Crippen molar-refractivity contribution in [1.29, 1.82) is 0 Å². The minimum atomic E-state index is -0.0687. The number of carbonyl (C=O) groups excluding carboxylic acids is 1. The zero-order valence-corrected chi connectivity index (χ0v) is 12.7. The molecule has 1 aromatic heterocycles. The lowest BCUT2D eigenvalue weighted by molar-refractivity contribution is 0.191. The number of amides is 2. The molecule has 2 aromatic rings. The van der Waals surface area contributed by atoms with Crippen molar-refractivity contribution >= 4 is 17.4 Å². The quantitative estimate of drug-likeness (QED) is 0.943. The van der Waals surface area contributed by atoms with Crippen LogP contribution in [0.15, 0.2) is 41.1 Å². The van der Waals surface area contributed by atoms with E-state index in [1.54, 1.807) is 23.3 Å². The van der Waals surface area contributed by atoms with Crippen LogP contribution in [-0.4, -0.2) is 30.6 Å². The fourth-order valence-corrected chi connectivity index (χ4v) is 3.09. The van der Waals surface area contributed by atoms with Crippen LogP contribution < -0.4 is 10.1 Å². The molecule has 0 unspecified atom stereocenters. The van der Waals surface area contributed by atoms with Gasteiger partial charge in [0.1, 0.15) is 11.9 Å². The molecule has 1 aromatic carbocycles. The monoisotopic (exact) mass is 302 g/mol. The minimum Gasteiger partial charge on any atom is -0.488 e. The van der Waals surface area contributed by atoms with E-state index in [0.29, 0.717) is 13.1 Å². The Morgan fingerprint density at radius 3 is 3.05 bits per heavy atom. The van der Waals surface area contributed by atoms with Crippen molar-refractivity contribution in [3.05, 3.63) is 52.2 Å². The summed E-state index contributed by atoms with van der Waals surface area (Å²) in [5.41, 5.74) is 2.37. The van der Waals surface area contributed by atoms with Gasteiger partial charge in [-0.05, 0) is 34.0 Å². The molecule has 1 atom stereocenters. The minimum absolute atomic E-state index is 0.0286. The number of rotatable bonds is 4. The molecular formula is C16H18N2O2S. The highest BCUT2D eigenvalue weighted by Gasteiger charge is 2.23. The van der Waals surface area contributed by atoms with E-state index in [2.05, 4.69) is 16.8 Å². The number of benzene rings is 1. The summed E-state index contributed by atoms with van der Waals surface area (Å²) in [7, 11) is 1.80. The van der Waals surface area contributed by atoms with Gasteiger partial charge in [-0.25, -0.2) is 4.79 Å². The Morgan fingerprint density at radius 1 is 1.43 bits per heavy atom. The van der Waals surface area contributed by atoms with Crippen molar-refractivity contribution in [3.63, 3.8) is 0 Å². The van der Waals surface area contributed by atoms with Crippen LogP contribution in [0.3, 0.4) is 0 Å². The molecule has 3 rings (SSSR count). The van der Waals surface area contributed by atoms with Crippen LogP contribution in [0.2, 0.25) is 0 Å². The van der Waals surface area contributed by atoms with Crippen molar-refractivity contribution in [2.45, 2.75) is 19.1 Å². The van der Waals surface area contributed by atoms with Gasteiger partial charge in [0.05, 0.1) is 6.54 Å². The van der Waals surface area contributed by atoms with Crippen LogP contribution >= 0.6 is 11.3 Å². The van der Waals surface area contributed by atoms with Crippen molar-refractivity contribution in [1.82, 2.24) is 10.2 Å². The molecule has 1 aliphatic rings. The Kier molecular flexibility index (Phi) is 4.10. The standard InChI is InChI=1S/C16H18N2O2S/c1-18(10-12-6-7-21-11-12)16(19)17-9-14-8-13-4-2-3-5-15(13)20-14/h2-7,11,14H,8-10H2,1H3,(H,17,19)/t14-/m1/s1. The zero-order valence-electron chi connectivity index (χ0n) is 11.9. The number of nitrogens with one attached hydrogen (secondary N) is 1. The maximum absolute atomic E-state index is 12.1. The Balaban J connectivity index is 1.46. The molecule has 0 fully saturated rings. The summed E-state index contributed by atoms with van der Waals surface area (Å²) >= 11 is 1.64. The molecule has 0 aliphatic carbocycles. The van der Waals surface area contributed by atoms with Gasteiger partial charge in [0.25, 0.3) is 0 Å². The van der Waals surface area contributed by atoms with Gasteiger partial charge in [-0.1, -0.05) is 18.2 Å². The molecule has 0 spiro atoms. The van der Waals surface area contributed by atoms with Gasteiger partial charge < -0.3 is 15.0 Å². The number of urea groups is 1. The van der Waals surface area contributed by atoms with Crippen LogP contribution in [-0.2, 0) is 13.0 Å². The van der Waals surface area contributed by atoms with Gasteiger partial charge in [0.2, 0.25) is 0 Å². The number of para-hydroxylation sites is 1. The molecule has 4 nitrogen and oxygen atoms in total. The van der Waals surface area contributed by atoms with E-state index in [9.17, 15) is 4.79 Å². The summed E-state index contributed by atoms with van der Waals surface area (Å²) in [6, 6.07) is 9.98. The second-order valence-corrected chi connectivity index (χ2v) is 6.01. The average molecular weight is 302 g/mol. The first kappa shape index (κ1) is 13.9. The molecule has 0 saturated carbocycles. The summed E-state index contributed by atoms with van der Waals surface area (Å²) in [4.78, 5) is 13.7. The fraction of sp³-hybridized carbons (Fsp3) is 0.312. The highest BCUT2D eigenvalue weighted by Crippen LogP contribution is 2.27. The largest absolute Gasteiger partial charge is 0.488 e. The van der Waals surface area contributed by atoms with Gasteiger partial charge in [-0.15, -0.1) is 0 Å². The average Bonchev–Trinajstić information content (AvgIpc) is 3.13. The van der Waals surface area contributed by atoms with Crippen molar-refractivity contribution in [3.8, 4) is 5.75 Å². The normalized spacial score (nSPS) is 16.1. The topological polar surface area (TPSA) is 41.6 Å². The van der Waals surface area contributed by atoms with Crippen molar-refractivity contribution in [2.24, 2.45) is 0 Å². The smallest absolute Gasteiger partial charge is 0.317 e. The number of thiophene rings is 1. The lowest BCUT2D eigenvalue weighted by Crippen LogP contribution is -2.41. The van der Waals surface area contributed by atoms with Crippen LogP contribution in [0.4, 0.5) is 4.79 Å². The number of hydrogen-bond acceptors (Lipinski definition) is 3. The molecule has 21 heavy (non-hydrogen) atoms. The molecule has 2 amide bonds. The van der Waals surface area contributed by atoms with Crippen LogP contribution in [0.5, 0.6) is 5.75 Å². The Morgan fingerprint density at radius 2 is 2.29 bits per heavy atom. The van der Waals surface area contributed by atoms with Crippen LogP contribution in [0, 0.1) is 0 Å². The Labute approximate surface area is 128 Å². The van der Waals surface area contributed by atoms with E-state index in [0.717, 1.165) is 17.7 Å². The van der Waals surface area contributed by atoms with E-state index < -0.39 is 0 Å². The Bertz CT molecular complexity index is 587. The second kappa shape index (κ2) is 6.18. The van der Waals surface area contributed by atoms with Gasteiger partial charge >= 0.3 is 6.03 Å². The summed E-state index contributed by atoms with van der Waals surface area (Å²) in [6.45, 7) is 1.16. The summed E-state index contributed by atoms with van der Waals surface area (Å²) in [6.07, 6.45) is 0.880. The predicted octanol–water partition coefficient (Wildman–Crippen LogP) is 2.89. The van der Waals surface area contributed by atoms with Gasteiger partial charge in [0, 0.05) is 20.0 Å². The van der Waals surface area contributed by atoms with E-state index >= 15 is 0 Å². The number of carbonyl (C=O) groups is 1. The molecule has 0 saturated heterocycles. The maximum Gasteiger partial charge on any atom is 0.317 e. The molecule has 0 radical (unpaired) electrons. The van der Waals surface area contributed by atoms with Crippen molar-refractivity contribution < 1.29 is 9.53 Å². The van der Waals surface area contributed by atoms with Gasteiger partial charge in [-0.3, -0.25) is 0 Å².